The van der Waals surface area contributed by atoms with E-state index in [0.717, 1.165) is 24.5 Å². The average molecular weight is 333 g/mol. The number of sulfonamides is 1. The lowest BCUT2D eigenvalue weighted by atomic mass is 10.3. The highest BCUT2D eigenvalue weighted by Crippen LogP contribution is 2.21. The average Bonchev–Trinajstić information content (AvgIpc) is 2.93. The minimum absolute atomic E-state index is 0.0836. The van der Waals surface area contributed by atoms with Crippen LogP contribution in [0.2, 0.25) is 0 Å². The van der Waals surface area contributed by atoms with Crippen LogP contribution in [0.5, 0.6) is 0 Å². The number of hydrogen-bond acceptors (Lipinski definition) is 6. The van der Waals surface area contributed by atoms with E-state index >= 15 is 0 Å². The van der Waals surface area contributed by atoms with Crippen LogP contribution in [0.3, 0.4) is 0 Å². The van der Waals surface area contributed by atoms with Gasteiger partial charge in [0.05, 0.1) is 12.7 Å². The van der Waals surface area contributed by atoms with Gasteiger partial charge in [-0.25, -0.2) is 13.1 Å². The van der Waals surface area contributed by atoms with Crippen LogP contribution in [0.15, 0.2) is 16.3 Å². The molecule has 2 N–H and O–H groups in total. The van der Waals surface area contributed by atoms with E-state index in [4.69, 9.17) is 4.74 Å². The molecule has 1 fully saturated rings. The standard InChI is InChI=1S/C13H23N3O3S2/c1-3-14-9-12-4-5-13(20-12)21(17,18)15-8-11-10-16(2)6-7-19-11/h4-5,11,14-15H,3,6-10H2,1-2H3. The van der Waals surface area contributed by atoms with E-state index in [0.29, 0.717) is 23.9 Å². The molecule has 1 aliphatic heterocycles. The van der Waals surface area contributed by atoms with Crippen molar-refractivity contribution >= 4 is 21.4 Å². The lowest BCUT2D eigenvalue weighted by Crippen LogP contribution is -2.45. The second kappa shape index (κ2) is 7.66. The summed E-state index contributed by atoms with van der Waals surface area (Å²) >= 11 is 1.30. The highest BCUT2D eigenvalue weighted by Gasteiger charge is 2.22. The van der Waals surface area contributed by atoms with E-state index in [-0.39, 0.29) is 6.10 Å². The molecule has 1 atom stereocenters. The number of nitrogens with zero attached hydrogens (tertiary/aromatic N) is 1. The number of hydrogen-bond donors (Lipinski definition) is 2. The number of thiophene rings is 1. The van der Waals surface area contributed by atoms with Gasteiger partial charge in [-0.15, -0.1) is 11.3 Å². The Morgan fingerprint density at radius 2 is 2.29 bits per heavy atom. The fourth-order valence-electron chi connectivity index (χ4n) is 2.11. The Bertz CT molecular complexity index is 545. The first kappa shape index (κ1) is 16.9. The van der Waals surface area contributed by atoms with Crippen molar-refractivity contribution in [3.63, 3.8) is 0 Å². The van der Waals surface area contributed by atoms with Crippen molar-refractivity contribution in [2.45, 2.75) is 23.8 Å². The summed E-state index contributed by atoms with van der Waals surface area (Å²) in [6.07, 6.45) is -0.0836. The molecule has 0 radical (unpaired) electrons. The molecule has 0 amide bonds. The van der Waals surface area contributed by atoms with Crippen LogP contribution >= 0.6 is 11.3 Å². The third-order valence-corrected chi connectivity index (χ3v) is 6.29. The van der Waals surface area contributed by atoms with Crippen molar-refractivity contribution in [2.75, 3.05) is 39.8 Å². The largest absolute Gasteiger partial charge is 0.374 e. The predicted octanol–water partition coefficient (Wildman–Crippen LogP) is 0.467. The third-order valence-electron chi connectivity index (χ3n) is 3.29. The van der Waals surface area contributed by atoms with Gasteiger partial charge in [-0.3, -0.25) is 0 Å². The van der Waals surface area contributed by atoms with E-state index in [2.05, 4.69) is 14.9 Å². The maximum atomic E-state index is 12.3. The van der Waals surface area contributed by atoms with Crippen LogP contribution in [0, 0.1) is 0 Å². The number of ether oxygens (including phenoxy) is 1. The molecule has 0 aliphatic carbocycles. The summed E-state index contributed by atoms with van der Waals surface area (Å²) in [5, 5.41) is 3.19. The van der Waals surface area contributed by atoms with Crippen molar-refractivity contribution in [1.29, 1.82) is 0 Å². The molecule has 0 saturated carbocycles. The maximum Gasteiger partial charge on any atom is 0.250 e. The molecule has 8 heteroatoms. The van der Waals surface area contributed by atoms with Gasteiger partial charge in [0.2, 0.25) is 10.0 Å². The molecule has 0 bridgehead atoms. The zero-order chi connectivity index (χ0) is 15.3. The second-order valence-corrected chi connectivity index (χ2v) is 8.27. The molecule has 1 aliphatic rings. The first-order valence-corrected chi connectivity index (χ1v) is 9.40. The Morgan fingerprint density at radius 1 is 1.48 bits per heavy atom. The van der Waals surface area contributed by atoms with Gasteiger partial charge in [0, 0.05) is 31.1 Å². The Morgan fingerprint density at radius 3 is 3.00 bits per heavy atom. The molecule has 2 rings (SSSR count). The fraction of sp³-hybridized carbons (Fsp3) is 0.692. The van der Waals surface area contributed by atoms with E-state index in [1.807, 2.05) is 20.0 Å². The monoisotopic (exact) mass is 333 g/mol. The summed E-state index contributed by atoms with van der Waals surface area (Å²) in [6.45, 7) is 6.19. The summed E-state index contributed by atoms with van der Waals surface area (Å²) in [5.41, 5.74) is 0. The van der Waals surface area contributed by atoms with E-state index in [1.165, 1.54) is 11.3 Å². The Kier molecular flexibility index (Phi) is 6.15. The molecule has 2 heterocycles. The van der Waals surface area contributed by atoms with Gasteiger partial charge >= 0.3 is 0 Å². The molecule has 21 heavy (non-hydrogen) atoms. The van der Waals surface area contributed by atoms with Crippen molar-refractivity contribution in [3.05, 3.63) is 17.0 Å². The van der Waals surface area contributed by atoms with Crippen molar-refractivity contribution in [1.82, 2.24) is 14.9 Å². The molecule has 1 aromatic heterocycles. The van der Waals surface area contributed by atoms with Gasteiger partial charge in [-0.1, -0.05) is 6.92 Å². The fourth-order valence-corrected chi connectivity index (χ4v) is 4.55. The van der Waals surface area contributed by atoms with Crippen molar-refractivity contribution < 1.29 is 13.2 Å². The Labute approximate surface area is 130 Å². The zero-order valence-electron chi connectivity index (χ0n) is 12.5. The molecule has 0 spiro atoms. The first-order valence-electron chi connectivity index (χ1n) is 7.10. The molecule has 120 valence electrons. The van der Waals surface area contributed by atoms with Crippen molar-refractivity contribution in [3.8, 4) is 0 Å². The molecule has 1 aromatic rings. The molecular formula is C13H23N3O3S2. The summed E-state index contributed by atoms with van der Waals surface area (Å²) < 4.78 is 33.1. The minimum Gasteiger partial charge on any atom is -0.374 e. The van der Waals surface area contributed by atoms with Gasteiger partial charge in [0.1, 0.15) is 4.21 Å². The number of morpholine rings is 1. The summed E-state index contributed by atoms with van der Waals surface area (Å²) in [4.78, 5) is 3.16. The zero-order valence-corrected chi connectivity index (χ0v) is 14.1. The molecule has 1 saturated heterocycles. The van der Waals surface area contributed by atoms with E-state index < -0.39 is 10.0 Å². The van der Waals surface area contributed by atoms with Crippen LogP contribution in [-0.4, -0.2) is 59.3 Å². The maximum absolute atomic E-state index is 12.3. The predicted molar refractivity (Wildman–Crippen MR) is 84.1 cm³/mol. The van der Waals surface area contributed by atoms with Crippen LogP contribution < -0.4 is 10.0 Å². The van der Waals surface area contributed by atoms with Crippen LogP contribution in [0.4, 0.5) is 0 Å². The number of likely N-dealkylation sites (N-methyl/N-ethyl adjacent to an activating group) is 1. The summed E-state index contributed by atoms with van der Waals surface area (Å²) in [5.74, 6) is 0. The minimum atomic E-state index is -3.44. The topological polar surface area (TPSA) is 70.7 Å². The lowest BCUT2D eigenvalue weighted by Gasteiger charge is -2.29. The van der Waals surface area contributed by atoms with Gasteiger partial charge in [0.15, 0.2) is 0 Å². The van der Waals surface area contributed by atoms with Gasteiger partial charge in [-0.2, -0.15) is 0 Å². The molecule has 0 aromatic carbocycles. The smallest absolute Gasteiger partial charge is 0.250 e. The molecular weight excluding hydrogens is 310 g/mol. The number of nitrogens with one attached hydrogen (secondary N) is 2. The first-order chi connectivity index (χ1) is 10.0. The highest BCUT2D eigenvalue weighted by atomic mass is 32.2. The third kappa shape index (κ3) is 5.01. The lowest BCUT2D eigenvalue weighted by molar-refractivity contribution is -0.0156. The van der Waals surface area contributed by atoms with Gasteiger partial charge in [0.25, 0.3) is 0 Å². The van der Waals surface area contributed by atoms with Gasteiger partial charge in [-0.05, 0) is 25.7 Å². The van der Waals surface area contributed by atoms with Gasteiger partial charge < -0.3 is 15.0 Å². The molecule has 6 nitrogen and oxygen atoms in total. The second-order valence-electron chi connectivity index (χ2n) is 5.11. The van der Waals surface area contributed by atoms with Crippen LogP contribution in [-0.2, 0) is 21.3 Å². The van der Waals surface area contributed by atoms with E-state index in [9.17, 15) is 8.42 Å². The number of rotatable bonds is 7. The summed E-state index contributed by atoms with van der Waals surface area (Å²) in [7, 11) is -1.43. The van der Waals surface area contributed by atoms with Crippen LogP contribution in [0.25, 0.3) is 0 Å². The Hall–Kier alpha value is -0.510. The normalized spacial score (nSPS) is 20.8. The highest BCUT2D eigenvalue weighted by molar-refractivity contribution is 7.91. The molecule has 1 unspecified atom stereocenters. The SMILES string of the molecule is CCNCc1ccc(S(=O)(=O)NCC2CN(C)CCO2)s1. The Balaban J connectivity index is 1.90. The van der Waals surface area contributed by atoms with E-state index in [1.54, 1.807) is 6.07 Å². The van der Waals surface area contributed by atoms with Crippen molar-refractivity contribution in [2.24, 2.45) is 0 Å². The summed E-state index contributed by atoms with van der Waals surface area (Å²) in [6, 6.07) is 3.51. The quantitative estimate of drug-likeness (QED) is 0.759. The van der Waals surface area contributed by atoms with Crippen LogP contribution in [0.1, 0.15) is 11.8 Å².